The van der Waals surface area contributed by atoms with Gasteiger partial charge in [-0.15, -0.1) is 0 Å². The first kappa shape index (κ1) is 21.0. The standard InChI is InChI=1S/C19H18N8O4S/c1-32(30,31)26-14-6-3-5-13(9-14)23-19-24-17(16-18(25-19)22-11-21-16)20-10-12-4-2-7-15(8-12)27(28)29/h2-9,11,26H,10H2,1H3,(H3,20,21,22,23,24,25)/p+1. The summed E-state index contributed by atoms with van der Waals surface area (Å²) in [5.41, 5.74) is 2.88. The van der Waals surface area contributed by atoms with Crippen LogP contribution >= 0.6 is 0 Å². The van der Waals surface area contributed by atoms with Gasteiger partial charge in [-0.25, -0.2) is 13.4 Å². The van der Waals surface area contributed by atoms with Gasteiger partial charge in [-0.2, -0.15) is 4.98 Å². The van der Waals surface area contributed by atoms with Crippen LogP contribution in [0.1, 0.15) is 5.56 Å². The molecule has 13 heteroatoms. The highest BCUT2D eigenvalue weighted by Gasteiger charge is 2.16. The van der Waals surface area contributed by atoms with Crippen molar-refractivity contribution in [2.45, 2.75) is 6.54 Å². The second-order valence-electron chi connectivity index (χ2n) is 6.91. The molecule has 0 spiro atoms. The zero-order valence-electron chi connectivity index (χ0n) is 16.8. The first-order valence-corrected chi connectivity index (χ1v) is 11.2. The SMILES string of the molecule is CS(=O)(=O)Nc1cccc(Nc2nc(NCc3cccc([N+](=O)[O-])c3)c3[nH]c[nH+]c3n2)c1. The number of imidazole rings is 1. The molecule has 0 aliphatic carbocycles. The minimum atomic E-state index is -3.41. The number of nitrogens with one attached hydrogen (secondary N) is 5. The third-order valence-electron chi connectivity index (χ3n) is 4.34. The minimum absolute atomic E-state index is 0.00952. The van der Waals surface area contributed by atoms with Gasteiger partial charge in [0.1, 0.15) is 0 Å². The van der Waals surface area contributed by atoms with Crippen molar-refractivity contribution < 1.29 is 18.3 Å². The third-order valence-corrected chi connectivity index (χ3v) is 4.94. The van der Waals surface area contributed by atoms with Crippen LogP contribution in [0.5, 0.6) is 0 Å². The van der Waals surface area contributed by atoms with Gasteiger partial charge in [0.05, 0.1) is 16.9 Å². The first-order valence-electron chi connectivity index (χ1n) is 9.36. The number of benzene rings is 2. The molecule has 0 aliphatic rings. The molecule has 5 N–H and O–H groups in total. The topological polar surface area (TPSA) is 169 Å². The summed E-state index contributed by atoms with van der Waals surface area (Å²) in [6.07, 6.45) is 2.68. The van der Waals surface area contributed by atoms with Gasteiger partial charge in [0.25, 0.3) is 5.69 Å². The molecule has 0 amide bonds. The molecule has 2 aromatic heterocycles. The molecule has 0 fully saturated rings. The lowest BCUT2D eigenvalue weighted by molar-refractivity contribution is -0.384. The van der Waals surface area contributed by atoms with Gasteiger partial charge in [-0.05, 0) is 23.8 Å². The van der Waals surface area contributed by atoms with Gasteiger partial charge in [0, 0.05) is 24.4 Å². The van der Waals surface area contributed by atoms with Crippen LogP contribution in [0.3, 0.4) is 0 Å². The smallest absolute Gasteiger partial charge is 0.307 e. The Morgan fingerprint density at radius 2 is 1.91 bits per heavy atom. The molecule has 0 aliphatic heterocycles. The van der Waals surface area contributed by atoms with Gasteiger partial charge >= 0.3 is 11.6 Å². The number of hydrogen-bond acceptors (Lipinski definition) is 8. The summed E-state index contributed by atoms with van der Waals surface area (Å²) in [6, 6.07) is 13.0. The summed E-state index contributed by atoms with van der Waals surface area (Å²) in [6.45, 7) is 0.306. The van der Waals surface area contributed by atoms with Crippen molar-refractivity contribution in [2.24, 2.45) is 0 Å². The van der Waals surface area contributed by atoms with Crippen molar-refractivity contribution in [1.82, 2.24) is 15.0 Å². The van der Waals surface area contributed by atoms with E-state index in [1.54, 1.807) is 42.7 Å². The van der Waals surface area contributed by atoms with Crippen molar-refractivity contribution in [3.8, 4) is 0 Å². The maximum absolute atomic E-state index is 11.5. The van der Waals surface area contributed by atoms with E-state index in [0.717, 1.165) is 11.8 Å². The van der Waals surface area contributed by atoms with Gasteiger partial charge in [-0.1, -0.05) is 23.2 Å². The van der Waals surface area contributed by atoms with Crippen LogP contribution in [0.15, 0.2) is 54.9 Å². The quantitative estimate of drug-likeness (QED) is 0.232. The molecule has 0 atom stereocenters. The average molecular weight is 455 g/mol. The highest BCUT2D eigenvalue weighted by molar-refractivity contribution is 7.92. The van der Waals surface area contributed by atoms with Crippen LogP contribution in [0.4, 0.5) is 28.8 Å². The van der Waals surface area contributed by atoms with E-state index in [1.807, 2.05) is 0 Å². The fourth-order valence-electron chi connectivity index (χ4n) is 3.03. The molecule has 0 saturated heterocycles. The van der Waals surface area contributed by atoms with Crippen LogP contribution in [-0.2, 0) is 16.6 Å². The Bertz CT molecular complexity index is 1400. The number of non-ortho nitro benzene ring substituents is 1. The Morgan fingerprint density at radius 3 is 2.69 bits per heavy atom. The van der Waals surface area contributed by atoms with Crippen molar-refractivity contribution in [1.29, 1.82) is 0 Å². The Kier molecular flexibility index (Phi) is 5.55. The third kappa shape index (κ3) is 5.07. The molecule has 0 unspecified atom stereocenters. The maximum Gasteiger partial charge on any atom is 0.307 e. The molecule has 0 radical (unpaired) electrons. The lowest BCUT2D eigenvalue weighted by Crippen LogP contribution is -2.10. The number of rotatable bonds is 8. The normalized spacial score (nSPS) is 11.3. The number of anilines is 4. The van der Waals surface area contributed by atoms with Crippen molar-refractivity contribution >= 4 is 50.0 Å². The number of nitrogens with zero attached hydrogens (tertiary/aromatic N) is 3. The molecule has 12 nitrogen and oxygen atoms in total. The summed E-state index contributed by atoms with van der Waals surface area (Å²) < 4.78 is 25.4. The van der Waals surface area contributed by atoms with Crippen LogP contribution in [-0.4, -0.2) is 34.5 Å². The van der Waals surface area contributed by atoms with Crippen LogP contribution < -0.4 is 20.3 Å². The van der Waals surface area contributed by atoms with Gasteiger partial charge in [-0.3, -0.25) is 19.8 Å². The van der Waals surface area contributed by atoms with Crippen molar-refractivity contribution in [3.05, 3.63) is 70.5 Å². The first-order chi connectivity index (χ1) is 15.3. The zero-order chi connectivity index (χ0) is 22.7. The maximum atomic E-state index is 11.5. The predicted molar refractivity (Wildman–Crippen MR) is 119 cm³/mol. The summed E-state index contributed by atoms with van der Waals surface area (Å²) in [5.74, 6) is 0.752. The fraction of sp³-hybridized carbons (Fsp3) is 0.105. The Balaban J connectivity index is 1.58. The Hall–Kier alpha value is -4.26. The van der Waals surface area contributed by atoms with E-state index < -0.39 is 14.9 Å². The molecule has 0 saturated carbocycles. The number of nitro groups is 1. The summed E-state index contributed by atoms with van der Waals surface area (Å²) in [7, 11) is -3.41. The van der Waals surface area contributed by atoms with Gasteiger partial charge < -0.3 is 10.6 Å². The molecule has 2 aromatic carbocycles. The number of aromatic nitrogens is 4. The van der Waals surface area contributed by atoms with E-state index in [4.69, 9.17) is 0 Å². The molecule has 32 heavy (non-hydrogen) atoms. The lowest BCUT2D eigenvalue weighted by Gasteiger charge is -2.09. The van der Waals surface area contributed by atoms with E-state index >= 15 is 0 Å². The van der Waals surface area contributed by atoms with E-state index in [-0.39, 0.29) is 11.6 Å². The Labute approximate surface area is 182 Å². The zero-order valence-corrected chi connectivity index (χ0v) is 17.6. The Morgan fingerprint density at radius 1 is 1.12 bits per heavy atom. The average Bonchev–Trinajstić information content (AvgIpc) is 3.20. The van der Waals surface area contributed by atoms with Gasteiger partial charge in [0.15, 0.2) is 12.1 Å². The largest absolute Gasteiger partial charge is 0.363 e. The highest BCUT2D eigenvalue weighted by atomic mass is 32.2. The minimum Gasteiger partial charge on any atom is -0.363 e. The monoisotopic (exact) mass is 455 g/mol. The molecular weight excluding hydrogens is 436 g/mol. The van der Waals surface area contributed by atoms with Crippen molar-refractivity contribution in [2.75, 3.05) is 21.6 Å². The summed E-state index contributed by atoms with van der Waals surface area (Å²) >= 11 is 0. The van der Waals surface area contributed by atoms with Crippen LogP contribution in [0, 0.1) is 10.1 Å². The molecule has 4 rings (SSSR count). The second kappa shape index (κ2) is 8.47. The highest BCUT2D eigenvalue weighted by Crippen LogP contribution is 2.23. The van der Waals surface area contributed by atoms with E-state index in [2.05, 4.69) is 35.3 Å². The number of hydrogen-bond donors (Lipinski definition) is 4. The number of fused-ring (bicyclic) bond motifs is 1. The second-order valence-corrected chi connectivity index (χ2v) is 8.66. The summed E-state index contributed by atoms with van der Waals surface area (Å²) in [4.78, 5) is 25.5. The van der Waals surface area contributed by atoms with Crippen LogP contribution in [0.25, 0.3) is 11.2 Å². The molecular formula is C19H19N8O4S+. The number of H-pyrrole nitrogens is 2. The summed E-state index contributed by atoms with van der Waals surface area (Å²) in [5, 5.41) is 17.2. The van der Waals surface area contributed by atoms with Crippen molar-refractivity contribution in [3.63, 3.8) is 0 Å². The van der Waals surface area contributed by atoms with Crippen LogP contribution in [0.2, 0.25) is 0 Å². The number of sulfonamides is 1. The van der Waals surface area contributed by atoms with Gasteiger partial charge in [0.2, 0.25) is 15.5 Å². The molecule has 4 aromatic rings. The number of aromatic amines is 2. The molecule has 2 heterocycles. The van der Waals surface area contributed by atoms with E-state index in [0.29, 0.717) is 34.9 Å². The lowest BCUT2D eigenvalue weighted by atomic mass is 10.2. The predicted octanol–water partition coefficient (Wildman–Crippen LogP) is 2.41. The fourth-order valence-corrected chi connectivity index (χ4v) is 3.59. The van der Waals surface area contributed by atoms with E-state index in [1.165, 1.54) is 12.1 Å². The number of nitro benzene ring substituents is 1. The molecule has 0 bridgehead atoms. The molecule has 164 valence electrons. The van der Waals surface area contributed by atoms with E-state index in [9.17, 15) is 18.5 Å².